The molecule has 5 atom stereocenters. The molecule has 1 spiro atoms. The van der Waals surface area contributed by atoms with Crippen molar-refractivity contribution in [2.75, 3.05) is 24.6 Å². The Bertz CT molecular complexity index is 1460. The summed E-state index contributed by atoms with van der Waals surface area (Å²) in [7, 11) is -3.87. The van der Waals surface area contributed by atoms with Gasteiger partial charge in [-0.25, -0.2) is 13.1 Å². The van der Waals surface area contributed by atoms with Crippen molar-refractivity contribution in [2.45, 2.75) is 75.1 Å². The Balaban J connectivity index is 1.42. The predicted molar refractivity (Wildman–Crippen MR) is 161 cm³/mol. The van der Waals surface area contributed by atoms with Gasteiger partial charge in [0, 0.05) is 29.1 Å². The summed E-state index contributed by atoms with van der Waals surface area (Å²) in [6, 6.07) is 11.4. The van der Waals surface area contributed by atoms with E-state index in [-0.39, 0.29) is 11.3 Å². The minimum atomic E-state index is -3.87. The van der Waals surface area contributed by atoms with Gasteiger partial charge in [-0.3, -0.25) is 4.79 Å². The number of nitrogens with zero attached hydrogens (tertiary/aromatic N) is 1. The molecule has 0 saturated heterocycles. The number of anilines is 1. The molecule has 1 saturated carbocycles. The van der Waals surface area contributed by atoms with Crippen LogP contribution >= 0.6 is 11.6 Å². The molecule has 0 unspecified atom stereocenters. The SMILES string of the molecule is CC[C@@H]1CC/C=C\[C@H](O)[C@@H]2CC[C@H]2CN2C[C@@]3(CCCc4cc(Cl)ccc43)COc3ccc(cc32)C(=O)NS1(=O)=O. The summed E-state index contributed by atoms with van der Waals surface area (Å²) in [5.74, 6) is 0.492. The number of nitrogens with one attached hydrogen (secondary N) is 1. The zero-order valence-electron chi connectivity index (χ0n) is 23.5. The van der Waals surface area contributed by atoms with Crippen molar-refractivity contribution in [3.63, 3.8) is 0 Å². The lowest BCUT2D eigenvalue weighted by Crippen LogP contribution is -2.49. The van der Waals surface area contributed by atoms with Crippen LogP contribution in [0.25, 0.3) is 0 Å². The predicted octanol–water partition coefficient (Wildman–Crippen LogP) is 5.39. The van der Waals surface area contributed by atoms with Gasteiger partial charge in [0.05, 0.1) is 23.6 Å². The lowest BCUT2D eigenvalue weighted by atomic mass is 9.68. The number of carbonyl (C=O) groups is 1. The first-order valence-electron chi connectivity index (χ1n) is 14.9. The minimum Gasteiger partial charge on any atom is -0.490 e. The molecule has 2 aromatic rings. The molecule has 0 radical (unpaired) electrons. The molecule has 9 heteroatoms. The first-order valence-corrected chi connectivity index (χ1v) is 16.8. The van der Waals surface area contributed by atoms with E-state index in [1.54, 1.807) is 18.2 Å². The third-order valence-electron chi connectivity index (χ3n) is 9.79. The van der Waals surface area contributed by atoms with E-state index in [1.165, 1.54) is 11.1 Å². The van der Waals surface area contributed by atoms with Crippen LogP contribution in [0.1, 0.15) is 73.4 Å². The van der Waals surface area contributed by atoms with Crippen LogP contribution in [-0.4, -0.2) is 50.5 Å². The van der Waals surface area contributed by atoms with Gasteiger partial charge in [0.1, 0.15) is 5.75 Å². The van der Waals surface area contributed by atoms with Crippen LogP contribution in [0.4, 0.5) is 5.69 Å². The standard InChI is InChI=1S/C32H39ClN2O5S/c1-2-25-7-3-4-8-29(36)26-12-9-23(26)18-35-19-32(15-5-6-21-16-24(33)11-13-27(21)32)20-40-30-14-10-22(17-28(30)35)31(37)34-41(25,38)39/h4,8,10-11,13-14,16-17,23,25-26,29,36H,2-3,5-7,9,12,15,18-20H2,1H3,(H,34,37)/b8-4-/t23-,25+,26+,29-,32-/m0/s1. The summed E-state index contributed by atoms with van der Waals surface area (Å²) in [6.45, 7) is 3.74. The number of hydrogen-bond acceptors (Lipinski definition) is 6. The van der Waals surface area contributed by atoms with E-state index < -0.39 is 27.3 Å². The van der Waals surface area contributed by atoms with E-state index >= 15 is 0 Å². The third-order valence-corrected chi connectivity index (χ3v) is 11.9. The van der Waals surface area contributed by atoms with Crippen LogP contribution in [0, 0.1) is 11.8 Å². The van der Waals surface area contributed by atoms with Gasteiger partial charge in [-0.05, 0) is 105 Å². The first-order chi connectivity index (χ1) is 19.7. The van der Waals surface area contributed by atoms with Crippen LogP contribution < -0.4 is 14.4 Å². The van der Waals surface area contributed by atoms with Crippen molar-refractivity contribution in [1.29, 1.82) is 0 Å². The summed E-state index contributed by atoms with van der Waals surface area (Å²) in [4.78, 5) is 15.6. The van der Waals surface area contributed by atoms with Crippen molar-refractivity contribution in [3.05, 3.63) is 70.3 Å². The highest BCUT2D eigenvalue weighted by Crippen LogP contribution is 2.46. The summed E-state index contributed by atoms with van der Waals surface area (Å²) < 4.78 is 35.1. The molecule has 2 bridgehead atoms. The highest BCUT2D eigenvalue weighted by Gasteiger charge is 2.44. The Hall–Kier alpha value is -2.55. The van der Waals surface area contributed by atoms with Crippen LogP contribution in [0.3, 0.4) is 0 Å². The van der Waals surface area contributed by atoms with E-state index in [9.17, 15) is 18.3 Å². The fourth-order valence-corrected chi connectivity index (χ4v) is 8.94. The number of sulfonamides is 1. The molecule has 2 aliphatic heterocycles. The second-order valence-corrected chi connectivity index (χ2v) is 14.7. The van der Waals surface area contributed by atoms with Crippen molar-refractivity contribution >= 4 is 33.2 Å². The lowest BCUT2D eigenvalue weighted by molar-refractivity contribution is 0.0456. The van der Waals surface area contributed by atoms with E-state index in [0.29, 0.717) is 49.6 Å². The molecule has 2 aromatic carbocycles. The molecule has 6 rings (SSSR count). The molecule has 7 nitrogen and oxygen atoms in total. The fraction of sp³-hybridized carbons (Fsp3) is 0.531. The highest BCUT2D eigenvalue weighted by molar-refractivity contribution is 7.90. The first kappa shape index (κ1) is 28.6. The number of benzene rings is 2. The highest BCUT2D eigenvalue weighted by atomic mass is 35.5. The maximum Gasteiger partial charge on any atom is 0.264 e. The number of fused-ring (bicyclic) bond motifs is 4. The van der Waals surface area contributed by atoms with Crippen molar-refractivity contribution in [1.82, 2.24) is 4.72 Å². The molecular weight excluding hydrogens is 560 g/mol. The lowest BCUT2D eigenvalue weighted by Gasteiger charge is -2.45. The zero-order chi connectivity index (χ0) is 28.8. The minimum absolute atomic E-state index is 0.136. The fourth-order valence-electron chi connectivity index (χ4n) is 7.32. The van der Waals surface area contributed by atoms with Gasteiger partial charge >= 0.3 is 0 Å². The Morgan fingerprint density at radius 3 is 2.80 bits per heavy atom. The number of allylic oxidation sites excluding steroid dienone is 1. The summed E-state index contributed by atoms with van der Waals surface area (Å²) in [5, 5.41) is 11.1. The van der Waals surface area contributed by atoms with E-state index in [4.69, 9.17) is 16.3 Å². The van der Waals surface area contributed by atoms with Crippen LogP contribution in [0.2, 0.25) is 5.02 Å². The number of hydrogen-bond donors (Lipinski definition) is 2. The topological polar surface area (TPSA) is 95.9 Å². The summed E-state index contributed by atoms with van der Waals surface area (Å²) in [6.07, 6.45) is 9.41. The van der Waals surface area contributed by atoms with Gasteiger partial charge in [0.15, 0.2) is 0 Å². The van der Waals surface area contributed by atoms with E-state index in [2.05, 4.69) is 21.8 Å². The Morgan fingerprint density at radius 2 is 2.02 bits per heavy atom. The number of aliphatic hydroxyl groups excluding tert-OH is 1. The van der Waals surface area contributed by atoms with Crippen molar-refractivity contribution < 1.29 is 23.1 Å². The molecule has 220 valence electrons. The Morgan fingerprint density at radius 1 is 1.17 bits per heavy atom. The smallest absolute Gasteiger partial charge is 0.264 e. The van der Waals surface area contributed by atoms with Crippen LogP contribution in [0.15, 0.2) is 48.6 Å². The van der Waals surface area contributed by atoms with Gasteiger partial charge in [-0.1, -0.05) is 36.7 Å². The summed E-state index contributed by atoms with van der Waals surface area (Å²) in [5.41, 5.74) is 3.35. The van der Waals surface area contributed by atoms with Gasteiger partial charge in [-0.15, -0.1) is 0 Å². The molecule has 2 aliphatic carbocycles. The number of ether oxygens (including phenoxy) is 1. The Kier molecular flexibility index (Phi) is 7.85. The number of aryl methyl sites for hydroxylation is 1. The summed E-state index contributed by atoms with van der Waals surface area (Å²) >= 11 is 6.38. The molecule has 4 aliphatic rings. The second kappa shape index (κ2) is 11.3. The number of carbonyl (C=O) groups excluding carboxylic acids is 1. The van der Waals surface area contributed by atoms with Crippen LogP contribution in [0.5, 0.6) is 5.75 Å². The molecule has 41 heavy (non-hydrogen) atoms. The second-order valence-electron chi connectivity index (χ2n) is 12.3. The van der Waals surface area contributed by atoms with Gasteiger partial charge in [0.25, 0.3) is 5.91 Å². The van der Waals surface area contributed by atoms with E-state index in [0.717, 1.165) is 49.4 Å². The molecule has 2 heterocycles. The van der Waals surface area contributed by atoms with Crippen molar-refractivity contribution in [3.8, 4) is 5.75 Å². The largest absolute Gasteiger partial charge is 0.490 e. The Labute approximate surface area is 248 Å². The van der Waals surface area contributed by atoms with Crippen LogP contribution in [-0.2, 0) is 21.9 Å². The molecular formula is C32H39ClN2O5S. The van der Waals surface area contributed by atoms with Gasteiger partial charge < -0.3 is 14.7 Å². The average molecular weight is 599 g/mol. The van der Waals surface area contributed by atoms with Gasteiger partial charge in [-0.2, -0.15) is 0 Å². The number of aliphatic hydroxyl groups is 1. The molecule has 2 N–H and O–H groups in total. The quantitative estimate of drug-likeness (QED) is 0.428. The van der Waals surface area contributed by atoms with E-state index in [1.807, 2.05) is 25.1 Å². The monoisotopic (exact) mass is 598 g/mol. The maximum atomic E-state index is 13.3. The molecule has 1 fully saturated rings. The van der Waals surface area contributed by atoms with Crippen molar-refractivity contribution in [2.24, 2.45) is 11.8 Å². The number of halogens is 1. The normalized spacial score (nSPS) is 32.0. The number of amides is 1. The third kappa shape index (κ3) is 5.51. The number of rotatable bonds is 1. The molecule has 0 aromatic heterocycles. The maximum absolute atomic E-state index is 13.3. The van der Waals surface area contributed by atoms with Gasteiger partial charge in [0.2, 0.25) is 10.0 Å². The average Bonchev–Trinajstić information content (AvgIpc) is 3.07. The molecule has 1 amide bonds. The zero-order valence-corrected chi connectivity index (χ0v) is 25.1.